The number of allylic oxidation sites excluding steroid dienone is 1. The number of nitrogens with zero attached hydrogens (tertiary/aromatic N) is 2. The van der Waals surface area contributed by atoms with E-state index in [1.54, 1.807) is 24.0 Å². The molecule has 0 unspecified atom stereocenters. The van der Waals surface area contributed by atoms with Crippen LogP contribution in [0.5, 0.6) is 11.5 Å². The lowest BCUT2D eigenvalue weighted by molar-refractivity contribution is -0.114. The number of carbonyl (C=O) groups excluding carboxylic acids is 1. The summed E-state index contributed by atoms with van der Waals surface area (Å²) >= 11 is 0. The zero-order valence-electron chi connectivity index (χ0n) is 17.7. The van der Waals surface area contributed by atoms with Crippen LogP contribution in [0.4, 0.5) is 11.4 Å². The maximum absolute atomic E-state index is 13.6. The van der Waals surface area contributed by atoms with Crippen LogP contribution in [0.25, 0.3) is 5.57 Å². The van der Waals surface area contributed by atoms with Crippen molar-refractivity contribution < 1.29 is 22.7 Å². The minimum atomic E-state index is -4.12. The number of ether oxygens (including phenoxy) is 2. The van der Waals surface area contributed by atoms with Crippen LogP contribution in [-0.2, 0) is 21.2 Å². The van der Waals surface area contributed by atoms with E-state index in [-0.39, 0.29) is 11.4 Å². The van der Waals surface area contributed by atoms with Gasteiger partial charge in [0.25, 0.3) is 15.9 Å². The summed E-state index contributed by atoms with van der Waals surface area (Å²) in [6.07, 6.45) is 2.18. The van der Waals surface area contributed by atoms with Crippen LogP contribution in [0, 0.1) is 0 Å². The van der Waals surface area contributed by atoms with Gasteiger partial charge in [-0.25, -0.2) is 8.42 Å². The molecule has 2 aromatic carbocycles. The van der Waals surface area contributed by atoms with Crippen molar-refractivity contribution in [2.75, 3.05) is 36.5 Å². The molecule has 0 aliphatic carbocycles. The first-order valence-electron chi connectivity index (χ1n) is 9.85. The molecule has 2 aromatic rings. The molecule has 0 radical (unpaired) electrons. The van der Waals surface area contributed by atoms with Gasteiger partial charge in [0.15, 0.2) is 16.4 Å². The van der Waals surface area contributed by atoms with Gasteiger partial charge in [-0.3, -0.25) is 9.10 Å². The van der Waals surface area contributed by atoms with E-state index in [1.165, 1.54) is 24.6 Å². The van der Waals surface area contributed by atoms with Crippen LogP contribution in [0.2, 0.25) is 0 Å². The summed E-state index contributed by atoms with van der Waals surface area (Å²) < 4.78 is 39.2. The van der Waals surface area contributed by atoms with E-state index in [2.05, 4.69) is 6.58 Å². The highest BCUT2D eigenvalue weighted by molar-refractivity contribution is 7.97. The summed E-state index contributed by atoms with van der Waals surface area (Å²) in [6.45, 7) is 5.80. The third-order valence-corrected chi connectivity index (χ3v) is 7.61. The molecule has 0 bridgehead atoms. The van der Waals surface area contributed by atoms with Gasteiger partial charge in [-0.2, -0.15) is 0 Å². The average Bonchev–Trinajstić information content (AvgIpc) is 3.19. The number of para-hydroxylation sites is 1. The highest BCUT2D eigenvalue weighted by atomic mass is 32.2. The second-order valence-electron chi connectivity index (χ2n) is 7.34. The summed E-state index contributed by atoms with van der Waals surface area (Å²) in [6, 6.07) is 10.9. The SMILES string of the molecule is C=CCN1c2cc(OC)c(OC)cc2C(C)=C(C(=O)N2CCc3ccccc32)S1(=O)=O. The Morgan fingerprint density at radius 1 is 1.13 bits per heavy atom. The molecule has 2 heterocycles. The Kier molecular flexibility index (Phi) is 5.26. The molecule has 8 heteroatoms. The van der Waals surface area contributed by atoms with Gasteiger partial charge in [0.2, 0.25) is 0 Å². The summed E-state index contributed by atoms with van der Waals surface area (Å²) in [4.78, 5) is 14.9. The fourth-order valence-electron chi connectivity index (χ4n) is 4.19. The van der Waals surface area contributed by atoms with Crippen molar-refractivity contribution in [3.63, 3.8) is 0 Å². The minimum absolute atomic E-state index is 0.0193. The molecule has 0 saturated carbocycles. The number of hydrogen-bond acceptors (Lipinski definition) is 5. The Morgan fingerprint density at radius 2 is 1.81 bits per heavy atom. The zero-order valence-corrected chi connectivity index (χ0v) is 18.5. The Balaban J connectivity index is 1.93. The van der Waals surface area contributed by atoms with Crippen molar-refractivity contribution in [2.45, 2.75) is 13.3 Å². The Bertz CT molecular complexity index is 1220. The molecule has 1 amide bonds. The van der Waals surface area contributed by atoms with Gasteiger partial charge >= 0.3 is 0 Å². The van der Waals surface area contributed by atoms with E-state index in [0.717, 1.165) is 11.3 Å². The van der Waals surface area contributed by atoms with Crippen LogP contribution in [0.3, 0.4) is 0 Å². The van der Waals surface area contributed by atoms with Crippen molar-refractivity contribution in [1.82, 2.24) is 0 Å². The van der Waals surface area contributed by atoms with Crippen molar-refractivity contribution in [3.8, 4) is 11.5 Å². The molecule has 2 aliphatic rings. The molecule has 0 aromatic heterocycles. The molecule has 0 spiro atoms. The number of anilines is 2. The summed E-state index contributed by atoms with van der Waals surface area (Å²) in [5.41, 5.74) is 3.18. The fourth-order valence-corrected chi connectivity index (χ4v) is 5.95. The Labute approximate surface area is 182 Å². The largest absolute Gasteiger partial charge is 0.493 e. The molecule has 2 aliphatic heterocycles. The van der Waals surface area contributed by atoms with Gasteiger partial charge in [-0.15, -0.1) is 6.58 Å². The number of hydrogen-bond donors (Lipinski definition) is 0. The van der Waals surface area contributed by atoms with Crippen LogP contribution < -0.4 is 18.7 Å². The molecule has 4 rings (SSSR count). The molecule has 162 valence electrons. The quantitative estimate of drug-likeness (QED) is 0.667. The van der Waals surface area contributed by atoms with Crippen molar-refractivity contribution in [1.29, 1.82) is 0 Å². The predicted molar refractivity (Wildman–Crippen MR) is 121 cm³/mol. The molecule has 0 atom stereocenters. The number of carbonyl (C=O) groups is 1. The lowest BCUT2D eigenvalue weighted by Crippen LogP contribution is -2.42. The molecule has 0 fully saturated rings. The first-order valence-corrected chi connectivity index (χ1v) is 11.3. The topological polar surface area (TPSA) is 76.2 Å². The van der Waals surface area contributed by atoms with Crippen LogP contribution in [-0.4, -0.2) is 41.6 Å². The molecule has 7 nitrogen and oxygen atoms in total. The second kappa shape index (κ2) is 7.77. The van der Waals surface area contributed by atoms with E-state index in [0.29, 0.717) is 41.3 Å². The lowest BCUT2D eigenvalue weighted by atomic mass is 10.0. The van der Waals surface area contributed by atoms with Gasteiger partial charge in [-0.1, -0.05) is 24.3 Å². The number of benzene rings is 2. The number of rotatable bonds is 5. The Morgan fingerprint density at radius 3 is 2.48 bits per heavy atom. The monoisotopic (exact) mass is 440 g/mol. The number of methoxy groups -OCH3 is 2. The highest BCUT2D eigenvalue weighted by Gasteiger charge is 2.42. The molecule has 31 heavy (non-hydrogen) atoms. The summed E-state index contributed by atoms with van der Waals surface area (Å²) in [5.74, 6) is 0.329. The third-order valence-electron chi connectivity index (χ3n) is 5.68. The lowest BCUT2D eigenvalue weighted by Gasteiger charge is -2.33. The second-order valence-corrected chi connectivity index (χ2v) is 9.14. The van der Waals surface area contributed by atoms with Crippen molar-refractivity contribution in [3.05, 3.63) is 65.1 Å². The molecule has 0 saturated heterocycles. The van der Waals surface area contributed by atoms with Gasteiger partial charge in [-0.05, 0) is 36.6 Å². The summed E-state index contributed by atoms with van der Waals surface area (Å²) in [7, 11) is -1.12. The highest BCUT2D eigenvalue weighted by Crippen LogP contribution is 2.45. The zero-order chi connectivity index (χ0) is 22.3. The number of fused-ring (bicyclic) bond motifs is 2. The number of sulfonamides is 1. The standard InChI is InChI=1S/C23H24N2O5S/c1-5-11-25-19-14-21(30-4)20(29-3)13-17(19)15(2)22(31(25,27)28)23(26)24-12-10-16-8-6-7-9-18(16)24/h5-9,13-14H,1,10-12H2,2-4H3. The van der Waals surface area contributed by atoms with Crippen LogP contribution in [0.15, 0.2) is 54.0 Å². The van der Waals surface area contributed by atoms with Gasteiger partial charge in [0.05, 0.1) is 26.5 Å². The minimum Gasteiger partial charge on any atom is -0.493 e. The first kappa shape index (κ1) is 21.0. The van der Waals surface area contributed by atoms with Gasteiger partial charge < -0.3 is 14.4 Å². The van der Waals surface area contributed by atoms with Crippen molar-refractivity contribution in [2.24, 2.45) is 0 Å². The van der Waals surface area contributed by atoms with Gasteiger partial charge in [0, 0.05) is 23.9 Å². The van der Waals surface area contributed by atoms with Crippen LogP contribution in [0.1, 0.15) is 18.1 Å². The molecular formula is C23H24N2O5S. The summed E-state index contributed by atoms with van der Waals surface area (Å²) in [5, 5.41) is 0. The van der Waals surface area contributed by atoms with E-state index in [4.69, 9.17) is 9.47 Å². The van der Waals surface area contributed by atoms with Crippen molar-refractivity contribution >= 4 is 32.9 Å². The molecular weight excluding hydrogens is 416 g/mol. The predicted octanol–water partition coefficient (Wildman–Crippen LogP) is 3.36. The smallest absolute Gasteiger partial charge is 0.272 e. The maximum atomic E-state index is 13.6. The van der Waals surface area contributed by atoms with E-state index >= 15 is 0 Å². The third kappa shape index (κ3) is 3.18. The van der Waals surface area contributed by atoms with E-state index in [9.17, 15) is 13.2 Å². The Hall–Kier alpha value is -3.26. The first-order chi connectivity index (χ1) is 14.8. The normalized spacial score (nSPS) is 16.6. The average molecular weight is 441 g/mol. The fraction of sp³-hybridized carbons (Fsp3) is 0.261. The van der Waals surface area contributed by atoms with Gasteiger partial charge in [0.1, 0.15) is 0 Å². The van der Waals surface area contributed by atoms with E-state index in [1.807, 2.05) is 24.3 Å². The van der Waals surface area contributed by atoms with E-state index < -0.39 is 15.9 Å². The number of amides is 1. The van der Waals surface area contributed by atoms with Crippen LogP contribution >= 0.6 is 0 Å². The molecule has 0 N–H and O–H groups in total. The maximum Gasteiger partial charge on any atom is 0.272 e.